The number of tetrazole rings is 1. The molecular weight excluding hydrogens is 328 g/mol. The summed E-state index contributed by atoms with van der Waals surface area (Å²) in [5, 5.41) is 12.5. The molecule has 142 valence electrons. The Morgan fingerprint density at radius 1 is 1.08 bits per heavy atom. The van der Waals surface area contributed by atoms with Crippen LogP contribution < -0.4 is 9.64 Å². The zero-order valence-corrected chi connectivity index (χ0v) is 16.5. The smallest absolute Gasteiger partial charge is 0.168 e. The normalized spacial score (nSPS) is 17.3. The van der Waals surface area contributed by atoms with Gasteiger partial charge in [-0.25, -0.2) is 4.68 Å². The van der Waals surface area contributed by atoms with Gasteiger partial charge in [-0.15, -0.1) is 5.10 Å². The van der Waals surface area contributed by atoms with Crippen molar-refractivity contribution >= 4 is 5.69 Å². The number of methoxy groups -OCH3 is 1. The van der Waals surface area contributed by atoms with Gasteiger partial charge in [0.05, 0.1) is 18.7 Å². The molecule has 2 aromatic rings. The van der Waals surface area contributed by atoms with Gasteiger partial charge in [0.1, 0.15) is 5.75 Å². The molecule has 1 atom stereocenters. The van der Waals surface area contributed by atoms with E-state index in [1.165, 1.54) is 5.69 Å². The van der Waals surface area contributed by atoms with E-state index >= 15 is 0 Å². The monoisotopic (exact) mass is 358 g/mol. The molecule has 0 spiro atoms. The van der Waals surface area contributed by atoms with Crippen molar-refractivity contribution in [1.29, 1.82) is 0 Å². The lowest BCUT2D eigenvalue weighted by Gasteiger charge is -2.40. The van der Waals surface area contributed by atoms with Crippen LogP contribution in [0.15, 0.2) is 24.3 Å². The minimum absolute atomic E-state index is 0.114. The van der Waals surface area contributed by atoms with Crippen LogP contribution in [-0.4, -0.2) is 58.4 Å². The summed E-state index contributed by atoms with van der Waals surface area (Å²) in [5.41, 5.74) is 1.13. The van der Waals surface area contributed by atoms with Gasteiger partial charge in [-0.1, -0.05) is 6.92 Å². The second-order valence-corrected chi connectivity index (χ2v) is 7.76. The minimum atomic E-state index is -0.114. The zero-order valence-electron chi connectivity index (χ0n) is 16.5. The summed E-state index contributed by atoms with van der Waals surface area (Å²) in [4.78, 5) is 4.93. The van der Waals surface area contributed by atoms with Crippen LogP contribution >= 0.6 is 0 Å². The van der Waals surface area contributed by atoms with E-state index in [1.54, 1.807) is 7.11 Å². The van der Waals surface area contributed by atoms with E-state index in [4.69, 9.17) is 4.74 Å². The van der Waals surface area contributed by atoms with Gasteiger partial charge in [-0.05, 0) is 61.9 Å². The summed E-state index contributed by atoms with van der Waals surface area (Å²) in [7, 11) is 1.70. The number of anilines is 1. The Hall–Kier alpha value is -2.15. The van der Waals surface area contributed by atoms with Crippen molar-refractivity contribution in [1.82, 2.24) is 25.1 Å². The van der Waals surface area contributed by atoms with E-state index in [2.05, 4.69) is 65.2 Å². The Kier molecular flexibility index (Phi) is 5.46. The van der Waals surface area contributed by atoms with E-state index in [9.17, 15) is 0 Å². The highest BCUT2D eigenvalue weighted by Gasteiger charge is 2.30. The molecule has 0 saturated carbocycles. The first-order valence-electron chi connectivity index (χ1n) is 9.36. The van der Waals surface area contributed by atoms with Gasteiger partial charge < -0.3 is 9.64 Å². The molecule has 1 aromatic carbocycles. The van der Waals surface area contributed by atoms with Gasteiger partial charge in [0, 0.05) is 31.9 Å². The Balaban J connectivity index is 1.69. The van der Waals surface area contributed by atoms with Crippen molar-refractivity contribution in [3.8, 4) is 5.75 Å². The van der Waals surface area contributed by atoms with Crippen molar-refractivity contribution in [2.24, 2.45) is 0 Å². The molecule has 3 rings (SSSR count). The highest BCUT2D eigenvalue weighted by atomic mass is 16.5. The van der Waals surface area contributed by atoms with Gasteiger partial charge in [-0.2, -0.15) is 0 Å². The molecule has 1 aliphatic rings. The predicted molar refractivity (Wildman–Crippen MR) is 103 cm³/mol. The number of nitrogens with zero attached hydrogens (tertiary/aromatic N) is 6. The number of piperazine rings is 1. The molecule has 2 heterocycles. The number of ether oxygens (including phenoxy) is 1. The molecule has 1 saturated heterocycles. The molecular formula is C19H30N6O. The van der Waals surface area contributed by atoms with Crippen molar-refractivity contribution in [2.75, 3.05) is 38.2 Å². The molecule has 0 aliphatic carbocycles. The largest absolute Gasteiger partial charge is 0.497 e. The van der Waals surface area contributed by atoms with Crippen LogP contribution in [0.4, 0.5) is 5.69 Å². The summed E-state index contributed by atoms with van der Waals surface area (Å²) >= 11 is 0. The Morgan fingerprint density at radius 3 is 2.27 bits per heavy atom. The standard InChI is InChI=1S/C19H30N6O/c1-6-17(18-20-21-22-25(18)19(2,3)4)24-13-11-23(12-14-24)15-7-9-16(26-5)10-8-15/h7-10,17H,6,11-14H2,1-5H3/t17-/m0/s1. The molecule has 7 heteroatoms. The average Bonchev–Trinajstić information content (AvgIpc) is 3.13. The van der Waals surface area contributed by atoms with Crippen LogP contribution in [-0.2, 0) is 5.54 Å². The van der Waals surface area contributed by atoms with E-state index in [1.807, 2.05) is 16.8 Å². The Bertz CT molecular complexity index is 698. The second kappa shape index (κ2) is 7.61. The van der Waals surface area contributed by atoms with Gasteiger partial charge in [0.25, 0.3) is 0 Å². The van der Waals surface area contributed by atoms with Crippen molar-refractivity contribution in [2.45, 2.75) is 45.7 Å². The first-order chi connectivity index (χ1) is 12.4. The van der Waals surface area contributed by atoms with E-state index in [-0.39, 0.29) is 11.6 Å². The number of hydrogen-bond donors (Lipinski definition) is 0. The maximum Gasteiger partial charge on any atom is 0.168 e. The van der Waals surface area contributed by atoms with Gasteiger partial charge >= 0.3 is 0 Å². The molecule has 1 fully saturated rings. The maximum absolute atomic E-state index is 5.25. The maximum atomic E-state index is 5.25. The van der Waals surface area contributed by atoms with E-state index < -0.39 is 0 Å². The summed E-state index contributed by atoms with van der Waals surface area (Å²) in [6, 6.07) is 8.56. The van der Waals surface area contributed by atoms with Crippen molar-refractivity contribution in [3.05, 3.63) is 30.1 Å². The number of hydrogen-bond acceptors (Lipinski definition) is 6. The fraction of sp³-hybridized carbons (Fsp3) is 0.632. The highest BCUT2D eigenvalue weighted by molar-refractivity contribution is 5.49. The van der Waals surface area contributed by atoms with E-state index in [0.717, 1.165) is 44.2 Å². The first-order valence-corrected chi connectivity index (χ1v) is 9.36. The van der Waals surface area contributed by atoms with Crippen LogP contribution in [0.5, 0.6) is 5.75 Å². The number of benzene rings is 1. The number of aromatic nitrogens is 4. The second-order valence-electron chi connectivity index (χ2n) is 7.76. The minimum Gasteiger partial charge on any atom is -0.497 e. The van der Waals surface area contributed by atoms with E-state index in [0.29, 0.717) is 0 Å². The van der Waals surface area contributed by atoms with Gasteiger partial charge in [-0.3, -0.25) is 4.90 Å². The molecule has 0 amide bonds. The number of rotatable bonds is 5. The third-order valence-corrected chi connectivity index (χ3v) is 5.01. The molecule has 0 unspecified atom stereocenters. The molecule has 1 aliphatic heterocycles. The molecule has 0 radical (unpaired) electrons. The van der Waals surface area contributed by atoms with Gasteiger partial charge in [0.15, 0.2) is 5.82 Å². The summed E-state index contributed by atoms with van der Waals surface area (Å²) in [6.45, 7) is 12.6. The SMILES string of the molecule is CC[C@@H](c1nnnn1C(C)(C)C)N1CCN(c2ccc(OC)cc2)CC1. The lowest BCUT2D eigenvalue weighted by atomic mass is 10.1. The zero-order chi connectivity index (χ0) is 18.7. The summed E-state index contributed by atoms with van der Waals surface area (Å²) in [5.74, 6) is 1.87. The fourth-order valence-electron chi connectivity index (χ4n) is 3.57. The quantitative estimate of drug-likeness (QED) is 0.819. The average molecular weight is 358 g/mol. The van der Waals surface area contributed by atoms with Crippen molar-refractivity contribution in [3.63, 3.8) is 0 Å². The lowest BCUT2D eigenvalue weighted by Crippen LogP contribution is -2.48. The topological polar surface area (TPSA) is 59.3 Å². The molecule has 26 heavy (non-hydrogen) atoms. The molecule has 0 N–H and O–H groups in total. The molecule has 0 bridgehead atoms. The third kappa shape index (κ3) is 3.82. The fourth-order valence-corrected chi connectivity index (χ4v) is 3.57. The lowest BCUT2D eigenvalue weighted by molar-refractivity contribution is 0.161. The first kappa shape index (κ1) is 18.6. The van der Waals surface area contributed by atoms with Crippen molar-refractivity contribution < 1.29 is 4.74 Å². The highest BCUT2D eigenvalue weighted by Crippen LogP contribution is 2.28. The summed E-state index contributed by atoms with van der Waals surface area (Å²) < 4.78 is 7.22. The summed E-state index contributed by atoms with van der Waals surface area (Å²) in [6.07, 6.45) is 0.999. The Morgan fingerprint density at radius 2 is 1.73 bits per heavy atom. The molecule has 1 aromatic heterocycles. The van der Waals surface area contributed by atoms with Crippen LogP contribution in [0.25, 0.3) is 0 Å². The third-order valence-electron chi connectivity index (χ3n) is 5.01. The molecule has 7 nitrogen and oxygen atoms in total. The van der Waals surface area contributed by atoms with Gasteiger partial charge in [0.2, 0.25) is 0 Å². The predicted octanol–water partition coefficient (Wildman–Crippen LogP) is 2.71. The van der Waals surface area contributed by atoms with Crippen LogP contribution in [0.1, 0.15) is 46.0 Å². The Labute approximate surface area is 155 Å². The van der Waals surface area contributed by atoms with Crippen LogP contribution in [0.3, 0.4) is 0 Å². The van der Waals surface area contributed by atoms with Crippen LogP contribution in [0.2, 0.25) is 0 Å². The van der Waals surface area contributed by atoms with Crippen LogP contribution in [0, 0.1) is 0 Å².